The Morgan fingerprint density at radius 2 is 1.69 bits per heavy atom. The molecule has 0 saturated carbocycles. The molecule has 0 amide bonds. The second-order valence-electron chi connectivity index (χ2n) is 2.16. The molecule has 1 rings (SSSR count). The fraction of sp³-hybridized carbons (Fsp3) is 0. The highest BCUT2D eigenvalue weighted by Crippen LogP contribution is 2.30. The van der Waals surface area contributed by atoms with Crippen LogP contribution in [-0.4, -0.2) is 0 Å². The van der Waals surface area contributed by atoms with Crippen molar-refractivity contribution in [2.75, 3.05) is 5.73 Å². The van der Waals surface area contributed by atoms with Gasteiger partial charge >= 0.3 is 0 Å². The Balaban J connectivity index is 3.69. The van der Waals surface area contributed by atoms with Gasteiger partial charge in [0.05, 0.1) is 10.2 Å². The highest BCUT2D eigenvalue weighted by molar-refractivity contribution is 9.10. The van der Waals surface area contributed by atoms with Crippen LogP contribution in [0.4, 0.5) is 18.9 Å². The van der Waals surface area contributed by atoms with E-state index in [9.17, 15) is 13.2 Å². The average Bonchev–Trinajstić information content (AvgIpc) is 2.13. The lowest BCUT2D eigenvalue weighted by atomic mass is 10.2. The molecule has 0 spiro atoms. The summed E-state index contributed by atoms with van der Waals surface area (Å²) in [6.45, 7) is 0. The number of halogens is 4. The maximum atomic E-state index is 12.9. The molecule has 0 aromatic heterocycles. The number of rotatable bonds is 0. The molecule has 0 saturated heterocycles. The number of nitrogens with two attached hydrogens (primary N) is 1. The van der Waals surface area contributed by atoms with E-state index in [1.54, 1.807) is 0 Å². The minimum absolute atomic E-state index is 0.442. The van der Waals surface area contributed by atoms with Crippen LogP contribution in [0, 0.1) is 28.8 Å². The fourth-order valence-corrected chi connectivity index (χ4v) is 1.12. The van der Waals surface area contributed by atoms with E-state index in [2.05, 4.69) is 15.9 Å². The van der Waals surface area contributed by atoms with Gasteiger partial charge in [0.25, 0.3) is 0 Å². The standard InChI is InChI=1S/C7H2BrF3N2/c8-3-4(9)2(1-12)5(10)6(11)7(3)13/h13H2. The third-order valence-electron chi connectivity index (χ3n) is 1.41. The summed E-state index contributed by atoms with van der Waals surface area (Å²) >= 11 is 2.60. The van der Waals surface area contributed by atoms with Crippen LogP contribution in [0.1, 0.15) is 5.56 Å². The zero-order valence-corrected chi connectivity index (χ0v) is 7.62. The van der Waals surface area contributed by atoms with E-state index in [4.69, 9.17) is 11.0 Å². The Labute approximate surface area is 79.9 Å². The third kappa shape index (κ3) is 1.35. The van der Waals surface area contributed by atoms with Gasteiger partial charge in [0.15, 0.2) is 17.5 Å². The normalized spacial score (nSPS) is 9.77. The predicted molar refractivity (Wildman–Crippen MR) is 43.1 cm³/mol. The Morgan fingerprint density at radius 3 is 2.15 bits per heavy atom. The van der Waals surface area contributed by atoms with Crippen LogP contribution in [0.2, 0.25) is 0 Å². The molecule has 0 aliphatic heterocycles. The van der Waals surface area contributed by atoms with Crippen LogP contribution in [0.15, 0.2) is 4.47 Å². The molecule has 0 atom stereocenters. The molecule has 0 heterocycles. The quantitative estimate of drug-likeness (QED) is 0.568. The first-order valence-corrected chi connectivity index (χ1v) is 3.81. The maximum absolute atomic E-state index is 12.9. The van der Waals surface area contributed by atoms with Crippen LogP contribution in [0.5, 0.6) is 0 Å². The van der Waals surface area contributed by atoms with Crippen LogP contribution in [-0.2, 0) is 0 Å². The smallest absolute Gasteiger partial charge is 0.184 e. The van der Waals surface area contributed by atoms with Crippen molar-refractivity contribution in [1.82, 2.24) is 0 Å². The Hall–Kier alpha value is -1.22. The SMILES string of the molecule is N#Cc1c(F)c(F)c(N)c(Br)c1F. The monoisotopic (exact) mass is 250 g/mol. The molecule has 0 aliphatic rings. The van der Waals surface area contributed by atoms with Crippen molar-refractivity contribution in [2.45, 2.75) is 0 Å². The summed E-state index contributed by atoms with van der Waals surface area (Å²) in [6, 6.07) is 1.20. The predicted octanol–water partition coefficient (Wildman–Crippen LogP) is 2.32. The van der Waals surface area contributed by atoms with Crippen molar-refractivity contribution in [3.8, 4) is 6.07 Å². The van der Waals surface area contributed by atoms with Crippen LogP contribution < -0.4 is 5.73 Å². The summed E-state index contributed by atoms with van der Waals surface area (Å²) in [4.78, 5) is 0. The van der Waals surface area contributed by atoms with E-state index >= 15 is 0 Å². The van der Waals surface area contributed by atoms with E-state index in [0.717, 1.165) is 0 Å². The Kier molecular flexibility index (Phi) is 2.48. The molecule has 13 heavy (non-hydrogen) atoms. The van der Waals surface area contributed by atoms with Gasteiger partial charge in [-0.1, -0.05) is 0 Å². The lowest BCUT2D eigenvalue weighted by Crippen LogP contribution is -2.02. The van der Waals surface area contributed by atoms with E-state index in [-0.39, 0.29) is 0 Å². The summed E-state index contributed by atoms with van der Waals surface area (Å²) in [5.74, 6) is -4.19. The minimum atomic E-state index is -1.57. The molecule has 68 valence electrons. The van der Waals surface area contributed by atoms with Gasteiger partial charge in [-0.2, -0.15) is 5.26 Å². The molecule has 1 aromatic carbocycles. The maximum Gasteiger partial charge on any atom is 0.184 e. The first-order chi connectivity index (χ1) is 6.00. The number of hydrogen-bond donors (Lipinski definition) is 1. The molecule has 0 radical (unpaired) electrons. The Morgan fingerprint density at radius 1 is 1.15 bits per heavy atom. The topological polar surface area (TPSA) is 49.8 Å². The summed E-state index contributed by atoms with van der Waals surface area (Å²) in [5, 5.41) is 8.28. The van der Waals surface area contributed by atoms with Gasteiger partial charge in [0.1, 0.15) is 11.6 Å². The second kappa shape index (κ2) is 3.26. The van der Waals surface area contributed by atoms with Crippen molar-refractivity contribution in [1.29, 1.82) is 5.26 Å². The number of benzene rings is 1. The molecular weight excluding hydrogens is 249 g/mol. The first kappa shape index (κ1) is 9.86. The van der Waals surface area contributed by atoms with Crippen molar-refractivity contribution in [3.63, 3.8) is 0 Å². The summed E-state index contributed by atoms with van der Waals surface area (Å²) in [6.07, 6.45) is 0. The average molecular weight is 251 g/mol. The van der Waals surface area contributed by atoms with Gasteiger partial charge in [-0.15, -0.1) is 0 Å². The molecular formula is C7H2BrF3N2. The van der Waals surface area contributed by atoms with Gasteiger partial charge in [0, 0.05) is 0 Å². The summed E-state index contributed by atoms with van der Waals surface area (Å²) in [5.41, 5.74) is 3.32. The number of nitrogens with zero attached hydrogens (tertiary/aromatic N) is 1. The molecule has 1 aromatic rings. The zero-order valence-electron chi connectivity index (χ0n) is 6.04. The van der Waals surface area contributed by atoms with Gasteiger partial charge < -0.3 is 5.73 Å². The molecule has 6 heteroatoms. The fourth-order valence-electron chi connectivity index (χ4n) is 0.747. The van der Waals surface area contributed by atoms with Crippen LogP contribution in [0.3, 0.4) is 0 Å². The molecule has 0 unspecified atom stereocenters. The molecule has 0 aliphatic carbocycles. The van der Waals surface area contributed by atoms with Gasteiger partial charge in [-0.25, -0.2) is 13.2 Å². The van der Waals surface area contributed by atoms with Gasteiger partial charge in [-0.3, -0.25) is 0 Å². The number of hydrogen-bond acceptors (Lipinski definition) is 2. The molecule has 0 fully saturated rings. The molecule has 2 N–H and O–H groups in total. The highest BCUT2D eigenvalue weighted by Gasteiger charge is 2.21. The van der Waals surface area contributed by atoms with Crippen molar-refractivity contribution < 1.29 is 13.2 Å². The van der Waals surface area contributed by atoms with E-state index in [1.807, 2.05) is 0 Å². The van der Waals surface area contributed by atoms with Crippen molar-refractivity contribution >= 4 is 21.6 Å². The summed E-state index contributed by atoms with van der Waals surface area (Å²) < 4.78 is 38.0. The number of nitrogen functional groups attached to an aromatic ring is 1. The van der Waals surface area contributed by atoms with Gasteiger partial charge in [-0.05, 0) is 15.9 Å². The van der Waals surface area contributed by atoms with Crippen LogP contribution >= 0.6 is 15.9 Å². The number of anilines is 1. The second-order valence-corrected chi connectivity index (χ2v) is 2.95. The van der Waals surface area contributed by atoms with Crippen LogP contribution in [0.25, 0.3) is 0 Å². The molecule has 2 nitrogen and oxygen atoms in total. The van der Waals surface area contributed by atoms with E-state index < -0.39 is 33.2 Å². The van der Waals surface area contributed by atoms with Crippen molar-refractivity contribution in [3.05, 3.63) is 27.5 Å². The zero-order chi connectivity index (χ0) is 10.2. The highest BCUT2D eigenvalue weighted by atomic mass is 79.9. The minimum Gasteiger partial charge on any atom is -0.395 e. The van der Waals surface area contributed by atoms with Gasteiger partial charge in [0.2, 0.25) is 0 Å². The van der Waals surface area contributed by atoms with E-state index in [0.29, 0.717) is 0 Å². The lowest BCUT2D eigenvalue weighted by Gasteiger charge is -2.04. The lowest BCUT2D eigenvalue weighted by molar-refractivity contribution is 0.493. The largest absolute Gasteiger partial charge is 0.395 e. The third-order valence-corrected chi connectivity index (χ3v) is 2.18. The van der Waals surface area contributed by atoms with E-state index in [1.165, 1.54) is 6.07 Å². The van der Waals surface area contributed by atoms with Crippen molar-refractivity contribution in [2.24, 2.45) is 0 Å². The summed E-state index contributed by atoms with van der Waals surface area (Å²) in [7, 11) is 0. The number of nitriles is 1. The molecule has 0 bridgehead atoms. The first-order valence-electron chi connectivity index (χ1n) is 3.02. The Bertz CT molecular complexity index is 382.